The number of nitrogens with zero attached hydrogens (tertiary/aromatic N) is 2. The van der Waals surface area contributed by atoms with Crippen LogP contribution in [0.15, 0.2) is 17.5 Å². The summed E-state index contributed by atoms with van der Waals surface area (Å²) in [5.41, 5.74) is 0.240. The first kappa shape index (κ1) is 13.7. The average Bonchev–Trinajstić information content (AvgIpc) is 2.82. The predicted octanol–water partition coefficient (Wildman–Crippen LogP) is 2.35. The van der Waals surface area contributed by atoms with E-state index < -0.39 is 0 Å². The third-order valence-electron chi connectivity index (χ3n) is 3.48. The van der Waals surface area contributed by atoms with E-state index in [1.54, 1.807) is 0 Å². The Hall–Kier alpha value is -0.710. The van der Waals surface area contributed by atoms with Gasteiger partial charge in [0.05, 0.1) is 11.4 Å². The molecule has 0 unspecified atom stereocenters. The summed E-state index contributed by atoms with van der Waals surface area (Å²) in [5.74, 6) is 0.259. The van der Waals surface area contributed by atoms with Crippen LogP contribution in [0.4, 0.5) is 0 Å². The van der Waals surface area contributed by atoms with Crippen molar-refractivity contribution < 1.29 is 4.79 Å². The second-order valence-corrected chi connectivity index (χ2v) is 6.78. The molecule has 0 amide bonds. The molecule has 4 heteroatoms. The van der Waals surface area contributed by atoms with Gasteiger partial charge in [-0.15, -0.1) is 11.3 Å². The van der Waals surface area contributed by atoms with E-state index in [2.05, 4.69) is 30.6 Å². The Morgan fingerprint density at radius 3 is 2.44 bits per heavy atom. The summed E-state index contributed by atoms with van der Waals surface area (Å²) in [6.45, 7) is 11.4. The molecule has 2 heterocycles. The molecule has 0 N–H and O–H groups in total. The van der Waals surface area contributed by atoms with E-state index in [9.17, 15) is 4.79 Å². The van der Waals surface area contributed by atoms with Crippen LogP contribution in [0.25, 0.3) is 0 Å². The van der Waals surface area contributed by atoms with Crippen molar-refractivity contribution in [2.75, 3.05) is 32.7 Å². The van der Waals surface area contributed by atoms with Crippen LogP contribution in [0.1, 0.15) is 30.4 Å². The smallest absolute Gasteiger partial charge is 0.186 e. The average molecular weight is 266 g/mol. The van der Waals surface area contributed by atoms with E-state index in [-0.39, 0.29) is 11.3 Å². The molecule has 1 saturated heterocycles. The van der Waals surface area contributed by atoms with Crippen molar-refractivity contribution in [3.05, 3.63) is 22.4 Å². The van der Waals surface area contributed by atoms with Gasteiger partial charge >= 0.3 is 0 Å². The van der Waals surface area contributed by atoms with Crippen molar-refractivity contribution in [1.29, 1.82) is 0 Å². The van der Waals surface area contributed by atoms with Crippen LogP contribution in [0.5, 0.6) is 0 Å². The van der Waals surface area contributed by atoms with Gasteiger partial charge in [0.15, 0.2) is 5.78 Å². The fourth-order valence-corrected chi connectivity index (χ4v) is 2.95. The molecule has 2 rings (SSSR count). The molecule has 1 aliphatic rings. The number of rotatable bonds is 3. The molecule has 0 spiro atoms. The Morgan fingerprint density at radius 2 is 1.94 bits per heavy atom. The van der Waals surface area contributed by atoms with Gasteiger partial charge in [-0.3, -0.25) is 14.6 Å². The summed E-state index contributed by atoms with van der Waals surface area (Å²) in [6.07, 6.45) is 0. The minimum atomic E-state index is 0.240. The van der Waals surface area contributed by atoms with Crippen molar-refractivity contribution in [3.63, 3.8) is 0 Å². The number of hydrogen-bond acceptors (Lipinski definition) is 4. The maximum absolute atomic E-state index is 12.0. The van der Waals surface area contributed by atoms with E-state index in [1.807, 2.05) is 17.5 Å². The molecular formula is C14H22N2OS. The van der Waals surface area contributed by atoms with Crippen molar-refractivity contribution in [2.45, 2.75) is 26.3 Å². The molecule has 3 nitrogen and oxygen atoms in total. The Labute approximate surface area is 113 Å². The van der Waals surface area contributed by atoms with Gasteiger partial charge in [-0.2, -0.15) is 0 Å². The van der Waals surface area contributed by atoms with Gasteiger partial charge in [-0.1, -0.05) is 6.07 Å². The highest BCUT2D eigenvalue weighted by molar-refractivity contribution is 7.12. The van der Waals surface area contributed by atoms with Gasteiger partial charge in [-0.25, -0.2) is 0 Å². The number of carbonyl (C=O) groups is 1. The molecule has 0 atom stereocenters. The lowest BCUT2D eigenvalue weighted by Crippen LogP contribution is -2.54. The quantitative estimate of drug-likeness (QED) is 0.785. The Morgan fingerprint density at radius 1 is 1.28 bits per heavy atom. The standard InChI is InChI=1S/C14H22N2OS/c1-14(2,3)16-8-6-15(7-9-16)11-12(17)13-5-4-10-18-13/h4-5,10H,6-9,11H2,1-3H3. The van der Waals surface area contributed by atoms with Crippen molar-refractivity contribution in [1.82, 2.24) is 9.80 Å². The van der Waals surface area contributed by atoms with Crippen LogP contribution >= 0.6 is 11.3 Å². The monoisotopic (exact) mass is 266 g/mol. The van der Waals surface area contributed by atoms with Crippen LogP contribution in [0.3, 0.4) is 0 Å². The third-order valence-corrected chi connectivity index (χ3v) is 4.40. The molecule has 0 aliphatic carbocycles. The molecule has 100 valence electrons. The van der Waals surface area contributed by atoms with Crippen LogP contribution in [-0.4, -0.2) is 53.8 Å². The number of Topliss-reactive ketones (excluding diaryl/α,β-unsaturated/α-hetero) is 1. The van der Waals surface area contributed by atoms with Crippen molar-refractivity contribution >= 4 is 17.1 Å². The molecule has 1 aromatic rings. The van der Waals surface area contributed by atoms with Gasteiger partial charge in [-0.05, 0) is 32.2 Å². The van der Waals surface area contributed by atoms with Gasteiger partial charge in [0.25, 0.3) is 0 Å². The number of piperazine rings is 1. The lowest BCUT2D eigenvalue weighted by Gasteiger charge is -2.42. The van der Waals surface area contributed by atoms with Gasteiger partial charge in [0.1, 0.15) is 0 Å². The lowest BCUT2D eigenvalue weighted by molar-refractivity contribution is 0.0580. The Kier molecular flexibility index (Phi) is 4.20. The zero-order valence-corrected chi connectivity index (χ0v) is 12.3. The highest BCUT2D eigenvalue weighted by Crippen LogP contribution is 2.16. The Balaban J connectivity index is 1.82. The maximum Gasteiger partial charge on any atom is 0.186 e. The lowest BCUT2D eigenvalue weighted by atomic mass is 10.0. The number of thiophene rings is 1. The summed E-state index contributed by atoms with van der Waals surface area (Å²) in [6, 6.07) is 3.86. The fourth-order valence-electron chi connectivity index (χ4n) is 2.30. The summed E-state index contributed by atoms with van der Waals surface area (Å²) < 4.78 is 0. The fraction of sp³-hybridized carbons (Fsp3) is 0.643. The molecule has 0 aromatic carbocycles. The summed E-state index contributed by atoms with van der Waals surface area (Å²) in [4.78, 5) is 17.6. The predicted molar refractivity (Wildman–Crippen MR) is 76.4 cm³/mol. The Bertz CT molecular complexity index is 386. The van der Waals surface area contributed by atoms with Crippen LogP contribution in [0, 0.1) is 0 Å². The third kappa shape index (κ3) is 3.40. The minimum absolute atomic E-state index is 0.240. The van der Waals surface area contributed by atoms with Crippen LogP contribution < -0.4 is 0 Å². The second kappa shape index (κ2) is 5.51. The zero-order chi connectivity index (χ0) is 13.2. The van der Waals surface area contributed by atoms with Crippen molar-refractivity contribution in [3.8, 4) is 0 Å². The molecular weight excluding hydrogens is 244 g/mol. The van der Waals surface area contributed by atoms with Crippen molar-refractivity contribution in [2.24, 2.45) is 0 Å². The van der Waals surface area contributed by atoms with E-state index in [1.165, 1.54) is 11.3 Å². The molecule has 0 saturated carbocycles. The second-order valence-electron chi connectivity index (χ2n) is 5.83. The summed E-state index contributed by atoms with van der Waals surface area (Å²) >= 11 is 1.54. The molecule has 1 aromatic heterocycles. The summed E-state index contributed by atoms with van der Waals surface area (Å²) in [7, 11) is 0. The first-order chi connectivity index (χ1) is 8.47. The van der Waals surface area contributed by atoms with E-state index in [4.69, 9.17) is 0 Å². The van der Waals surface area contributed by atoms with Gasteiger partial charge in [0.2, 0.25) is 0 Å². The highest BCUT2D eigenvalue weighted by atomic mass is 32.1. The number of hydrogen-bond donors (Lipinski definition) is 0. The van der Waals surface area contributed by atoms with Gasteiger partial charge < -0.3 is 0 Å². The molecule has 18 heavy (non-hydrogen) atoms. The zero-order valence-electron chi connectivity index (χ0n) is 11.5. The topological polar surface area (TPSA) is 23.6 Å². The highest BCUT2D eigenvalue weighted by Gasteiger charge is 2.26. The minimum Gasteiger partial charge on any atom is -0.296 e. The summed E-state index contributed by atoms with van der Waals surface area (Å²) in [5, 5.41) is 1.96. The van der Waals surface area contributed by atoms with Crippen LogP contribution in [-0.2, 0) is 0 Å². The molecule has 1 aliphatic heterocycles. The SMILES string of the molecule is CC(C)(C)N1CCN(CC(=O)c2cccs2)CC1. The van der Waals surface area contributed by atoms with E-state index >= 15 is 0 Å². The largest absolute Gasteiger partial charge is 0.296 e. The van der Waals surface area contributed by atoms with Crippen LogP contribution in [0.2, 0.25) is 0 Å². The normalized spacial score (nSPS) is 19.1. The number of carbonyl (C=O) groups excluding carboxylic acids is 1. The number of ketones is 1. The van der Waals surface area contributed by atoms with E-state index in [0.717, 1.165) is 31.1 Å². The molecule has 0 radical (unpaired) electrons. The molecule has 1 fully saturated rings. The van der Waals surface area contributed by atoms with E-state index in [0.29, 0.717) is 6.54 Å². The first-order valence-electron chi connectivity index (χ1n) is 6.51. The molecule has 0 bridgehead atoms. The van der Waals surface area contributed by atoms with Gasteiger partial charge in [0, 0.05) is 31.7 Å². The first-order valence-corrected chi connectivity index (χ1v) is 7.39. The maximum atomic E-state index is 12.0.